The number of hydrogen-bond acceptors (Lipinski definition) is 4. The van der Waals surface area contributed by atoms with Gasteiger partial charge in [-0.1, -0.05) is 24.6 Å². The Labute approximate surface area is 160 Å². The van der Waals surface area contributed by atoms with Crippen LogP contribution in [0.15, 0.2) is 49.2 Å². The Hall–Kier alpha value is -2.44. The van der Waals surface area contributed by atoms with Crippen molar-refractivity contribution in [1.29, 1.82) is 0 Å². The summed E-state index contributed by atoms with van der Waals surface area (Å²) in [7, 11) is 0. The van der Waals surface area contributed by atoms with Crippen LogP contribution in [0.3, 0.4) is 0 Å². The zero-order valence-corrected chi connectivity index (χ0v) is 16.1. The Kier molecular flexibility index (Phi) is 5.36. The van der Waals surface area contributed by atoms with Gasteiger partial charge in [-0.2, -0.15) is 5.10 Å². The van der Waals surface area contributed by atoms with Crippen molar-refractivity contribution in [2.75, 3.05) is 32.8 Å². The summed E-state index contributed by atoms with van der Waals surface area (Å²) in [5.74, 6) is 0. The van der Waals surface area contributed by atoms with Gasteiger partial charge in [-0.25, -0.2) is 9.67 Å². The molecule has 142 valence electrons. The fraction of sp³-hybridized carbons (Fsp3) is 0.429. The van der Waals surface area contributed by atoms with Crippen LogP contribution in [-0.4, -0.2) is 57.1 Å². The molecule has 1 aromatic carbocycles. The highest BCUT2D eigenvalue weighted by Gasteiger charge is 2.20. The molecule has 6 nitrogen and oxygen atoms in total. The molecule has 0 amide bonds. The summed E-state index contributed by atoms with van der Waals surface area (Å²) in [6.07, 6.45) is 8.97. The second-order valence-corrected chi connectivity index (χ2v) is 7.17. The van der Waals surface area contributed by atoms with Crippen LogP contribution in [0, 0.1) is 6.92 Å². The van der Waals surface area contributed by atoms with Gasteiger partial charge in [0.2, 0.25) is 0 Å². The first-order chi connectivity index (χ1) is 13.2. The van der Waals surface area contributed by atoms with Crippen molar-refractivity contribution in [3.63, 3.8) is 0 Å². The van der Waals surface area contributed by atoms with Crippen molar-refractivity contribution in [3.05, 3.63) is 54.7 Å². The van der Waals surface area contributed by atoms with E-state index in [4.69, 9.17) is 4.74 Å². The minimum Gasteiger partial charge on any atom is -0.379 e. The van der Waals surface area contributed by atoms with Crippen molar-refractivity contribution in [3.8, 4) is 16.9 Å². The maximum absolute atomic E-state index is 5.48. The molecular weight excluding hydrogens is 338 g/mol. The smallest absolute Gasteiger partial charge is 0.0954 e. The molecule has 0 saturated carbocycles. The maximum Gasteiger partial charge on any atom is 0.0954 e. The Balaban J connectivity index is 1.56. The summed E-state index contributed by atoms with van der Waals surface area (Å²) >= 11 is 0. The number of benzene rings is 1. The van der Waals surface area contributed by atoms with Crippen molar-refractivity contribution in [2.24, 2.45) is 0 Å². The number of imidazole rings is 1. The van der Waals surface area contributed by atoms with Crippen molar-refractivity contribution < 1.29 is 4.74 Å². The Morgan fingerprint density at radius 1 is 1.11 bits per heavy atom. The van der Waals surface area contributed by atoms with E-state index in [2.05, 4.69) is 63.9 Å². The molecule has 0 spiro atoms. The van der Waals surface area contributed by atoms with Gasteiger partial charge in [0.05, 0.1) is 43.3 Å². The molecule has 0 radical (unpaired) electrons. The molecule has 3 heterocycles. The molecular formula is C21H27N5O. The fourth-order valence-electron chi connectivity index (χ4n) is 3.61. The highest BCUT2D eigenvalue weighted by atomic mass is 16.5. The van der Waals surface area contributed by atoms with E-state index in [0.29, 0.717) is 6.04 Å². The number of ether oxygens (including phenoxy) is 1. The lowest BCUT2D eigenvalue weighted by Crippen LogP contribution is -2.39. The number of morpholine rings is 1. The van der Waals surface area contributed by atoms with E-state index in [1.54, 1.807) is 0 Å². The van der Waals surface area contributed by atoms with Gasteiger partial charge < -0.3 is 9.30 Å². The molecule has 1 aliphatic heterocycles. The summed E-state index contributed by atoms with van der Waals surface area (Å²) in [5.41, 5.74) is 4.53. The molecule has 1 saturated heterocycles. The molecule has 0 unspecified atom stereocenters. The van der Waals surface area contributed by atoms with Crippen molar-refractivity contribution in [1.82, 2.24) is 24.2 Å². The van der Waals surface area contributed by atoms with E-state index in [-0.39, 0.29) is 0 Å². The molecule has 2 aromatic heterocycles. The number of aryl methyl sites for hydroxylation is 1. The van der Waals surface area contributed by atoms with E-state index in [9.17, 15) is 0 Å². The summed E-state index contributed by atoms with van der Waals surface area (Å²) < 4.78 is 9.70. The van der Waals surface area contributed by atoms with E-state index >= 15 is 0 Å². The van der Waals surface area contributed by atoms with Crippen LogP contribution in [0.4, 0.5) is 0 Å². The summed E-state index contributed by atoms with van der Waals surface area (Å²) in [4.78, 5) is 6.92. The molecule has 1 atom stereocenters. The highest BCUT2D eigenvalue weighted by Crippen LogP contribution is 2.25. The van der Waals surface area contributed by atoms with Gasteiger partial charge in [0.25, 0.3) is 0 Å². The van der Waals surface area contributed by atoms with Gasteiger partial charge >= 0.3 is 0 Å². The van der Waals surface area contributed by atoms with Crippen LogP contribution in [0.25, 0.3) is 16.9 Å². The van der Waals surface area contributed by atoms with E-state index < -0.39 is 0 Å². The van der Waals surface area contributed by atoms with Crippen molar-refractivity contribution in [2.45, 2.75) is 26.3 Å². The zero-order chi connectivity index (χ0) is 18.6. The predicted octanol–water partition coefficient (Wildman–Crippen LogP) is 3.33. The van der Waals surface area contributed by atoms with E-state index in [0.717, 1.165) is 56.2 Å². The third-order valence-electron chi connectivity index (χ3n) is 5.28. The summed E-state index contributed by atoms with van der Waals surface area (Å²) in [5, 5.41) is 4.56. The van der Waals surface area contributed by atoms with Gasteiger partial charge in [-0.3, -0.25) is 4.90 Å². The lowest BCUT2D eigenvalue weighted by molar-refractivity contribution is 0.0313. The van der Waals surface area contributed by atoms with Crippen LogP contribution in [0.5, 0.6) is 0 Å². The number of aromatic nitrogens is 4. The van der Waals surface area contributed by atoms with Crippen LogP contribution in [0.2, 0.25) is 0 Å². The minimum atomic E-state index is 0.392. The van der Waals surface area contributed by atoms with Gasteiger partial charge in [-0.05, 0) is 25.5 Å². The molecule has 3 aromatic rings. The first-order valence-corrected chi connectivity index (χ1v) is 9.68. The third-order valence-corrected chi connectivity index (χ3v) is 5.28. The monoisotopic (exact) mass is 365 g/mol. The van der Waals surface area contributed by atoms with Crippen LogP contribution >= 0.6 is 0 Å². The molecule has 4 rings (SSSR count). The highest BCUT2D eigenvalue weighted by molar-refractivity contribution is 5.58. The van der Waals surface area contributed by atoms with Gasteiger partial charge in [-0.15, -0.1) is 0 Å². The molecule has 6 heteroatoms. The lowest BCUT2D eigenvalue weighted by Gasteiger charge is -2.31. The standard InChI is InChI=1S/C21H27N5O/c1-3-19(15-24-8-10-27-11-9-24)25-16-22-13-21(25)18-12-23-26(14-18)20-6-4-17(2)5-7-20/h4-7,12-14,16,19H,3,8-11,15H2,1-2H3/t19-/m1/s1. The third kappa shape index (κ3) is 3.96. The Bertz CT molecular complexity index is 861. The van der Waals surface area contributed by atoms with Crippen LogP contribution in [-0.2, 0) is 4.74 Å². The molecule has 1 aliphatic rings. The van der Waals surface area contributed by atoms with E-state index in [1.165, 1.54) is 5.56 Å². The Morgan fingerprint density at radius 2 is 1.89 bits per heavy atom. The largest absolute Gasteiger partial charge is 0.379 e. The second-order valence-electron chi connectivity index (χ2n) is 7.17. The first-order valence-electron chi connectivity index (χ1n) is 9.68. The van der Waals surface area contributed by atoms with Gasteiger partial charge in [0, 0.05) is 37.4 Å². The topological polar surface area (TPSA) is 48.1 Å². The SMILES string of the molecule is CC[C@H](CN1CCOCC1)n1cncc1-c1cnn(-c2ccc(C)cc2)c1. The molecule has 1 fully saturated rings. The van der Waals surface area contributed by atoms with Gasteiger partial charge in [0.15, 0.2) is 0 Å². The number of hydrogen-bond donors (Lipinski definition) is 0. The average Bonchev–Trinajstić information content (AvgIpc) is 3.37. The number of rotatable bonds is 6. The molecule has 0 aliphatic carbocycles. The quantitative estimate of drug-likeness (QED) is 0.672. The summed E-state index contributed by atoms with van der Waals surface area (Å²) in [6.45, 7) is 9.03. The normalized spacial score (nSPS) is 16.5. The first kappa shape index (κ1) is 17.9. The predicted molar refractivity (Wildman–Crippen MR) is 106 cm³/mol. The average molecular weight is 365 g/mol. The second kappa shape index (κ2) is 8.06. The zero-order valence-electron chi connectivity index (χ0n) is 16.1. The van der Waals surface area contributed by atoms with Gasteiger partial charge in [0.1, 0.15) is 0 Å². The summed E-state index contributed by atoms with van der Waals surface area (Å²) in [6, 6.07) is 8.79. The van der Waals surface area contributed by atoms with E-state index in [1.807, 2.05) is 23.4 Å². The molecule has 0 N–H and O–H groups in total. The van der Waals surface area contributed by atoms with Crippen LogP contribution < -0.4 is 0 Å². The lowest BCUT2D eigenvalue weighted by atomic mass is 10.1. The minimum absolute atomic E-state index is 0.392. The maximum atomic E-state index is 5.48. The Morgan fingerprint density at radius 3 is 2.63 bits per heavy atom. The van der Waals surface area contributed by atoms with Crippen molar-refractivity contribution >= 4 is 0 Å². The number of nitrogens with zero attached hydrogens (tertiary/aromatic N) is 5. The fourth-order valence-corrected chi connectivity index (χ4v) is 3.61. The molecule has 0 bridgehead atoms. The molecule has 27 heavy (non-hydrogen) atoms. The van der Waals surface area contributed by atoms with Crippen LogP contribution in [0.1, 0.15) is 24.9 Å².